The zero-order valence-corrected chi connectivity index (χ0v) is 20.1. The van der Waals surface area contributed by atoms with E-state index in [2.05, 4.69) is 77.4 Å². The predicted octanol–water partition coefficient (Wildman–Crippen LogP) is 5.18. The Morgan fingerprint density at radius 1 is 0.969 bits per heavy atom. The van der Waals surface area contributed by atoms with E-state index < -0.39 is 5.60 Å². The molecule has 1 aliphatic heterocycles. The zero-order valence-electron chi connectivity index (χ0n) is 19.3. The monoisotopic (exact) mass is 447 g/mol. The van der Waals surface area contributed by atoms with Gasteiger partial charge < -0.3 is 14.5 Å². The third kappa shape index (κ3) is 3.52. The maximum Gasteiger partial charge on any atom is 0.341 e. The fourth-order valence-electron chi connectivity index (χ4n) is 4.43. The number of fused-ring (bicyclic) bond motifs is 1. The first-order valence-corrected chi connectivity index (χ1v) is 12.1. The smallest absolute Gasteiger partial charge is 0.341 e. The molecule has 0 saturated carbocycles. The number of ether oxygens (including phenoxy) is 1. The summed E-state index contributed by atoms with van der Waals surface area (Å²) >= 11 is 1.67. The lowest BCUT2D eigenvalue weighted by molar-refractivity contribution is 0.0244. The number of anilines is 2. The Bertz CT molecular complexity index is 1130. The molecule has 1 aromatic heterocycles. The van der Waals surface area contributed by atoms with Crippen LogP contribution < -0.4 is 9.80 Å². The first-order chi connectivity index (χ1) is 15.5. The number of aromatic nitrogens is 1. The Hall–Kier alpha value is -2.99. The van der Waals surface area contributed by atoms with E-state index in [1.807, 2.05) is 20.2 Å². The number of esters is 1. The summed E-state index contributed by atoms with van der Waals surface area (Å²) in [5, 5.41) is 0. The van der Waals surface area contributed by atoms with Gasteiger partial charge in [-0.15, -0.1) is 11.8 Å². The van der Waals surface area contributed by atoms with Crippen LogP contribution >= 0.6 is 11.8 Å². The summed E-state index contributed by atoms with van der Waals surface area (Å²) in [6.07, 6.45) is 5.40. The summed E-state index contributed by atoms with van der Waals surface area (Å²) < 4.78 is 6.27. The molecule has 0 amide bonds. The number of cyclic esters (lactones) is 1. The number of benzene rings is 2. The summed E-state index contributed by atoms with van der Waals surface area (Å²) in [5.74, 6) is -0.343. The minimum Gasteiger partial charge on any atom is -0.440 e. The van der Waals surface area contributed by atoms with E-state index in [0.29, 0.717) is 5.56 Å². The van der Waals surface area contributed by atoms with E-state index in [-0.39, 0.29) is 5.97 Å². The van der Waals surface area contributed by atoms with Crippen LogP contribution in [-0.4, -0.2) is 44.4 Å². The molecule has 0 radical (unpaired) electrons. The van der Waals surface area contributed by atoms with Gasteiger partial charge in [0.1, 0.15) is 0 Å². The van der Waals surface area contributed by atoms with Crippen LogP contribution in [0.5, 0.6) is 0 Å². The van der Waals surface area contributed by atoms with Crippen LogP contribution in [-0.2, 0) is 10.3 Å². The van der Waals surface area contributed by atoms with Crippen molar-refractivity contribution in [1.82, 2.24) is 4.98 Å². The van der Waals surface area contributed by atoms with Crippen molar-refractivity contribution < 1.29 is 9.53 Å². The Kier molecular flexibility index (Phi) is 6.15. The fourth-order valence-corrected chi connectivity index (χ4v) is 5.10. The number of carbonyl (C=O) groups excluding carboxylic acids is 1. The molecule has 1 unspecified atom stereocenters. The molecule has 32 heavy (non-hydrogen) atoms. The highest BCUT2D eigenvalue weighted by Crippen LogP contribution is 2.50. The minimum atomic E-state index is -1.01. The molecule has 0 aliphatic carbocycles. The van der Waals surface area contributed by atoms with Gasteiger partial charge in [0, 0.05) is 72.5 Å². The van der Waals surface area contributed by atoms with Crippen molar-refractivity contribution in [2.75, 3.05) is 43.2 Å². The molecule has 2 heterocycles. The van der Waals surface area contributed by atoms with Crippen molar-refractivity contribution in [1.29, 1.82) is 0 Å². The zero-order chi connectivity index (χ0) is 22.9. The molecule has 0 saturated heterocycles. The molecule has 0 N–H and O–H groups in total. The first kappa shape index (κ1) is 22.2. The second-order valence-corrected chi connectivity index (χ2v) is 8.84. The fraction of sp³-hybridized carbons (Fsp3) is 0.308. The van der Waals surface area contributed by atoms with Crippen molar-refractivity contribution in [3.63, 3.8) is 0 Å². The summed E-state index contributed by atoms with van der Waals surface area (Å²) in [4.78, 5) is 22.6. The summed E-state index contributed by atoms with van der Waals surface area (Å²) in [7, 11) is 4.03. The van der Waals surface area contributed by atoms with Gasteiger partial charge in [0.15, 0.2) is 5.60 Å². The van der Waals surface area contributed by atoms with E-state index >= 15 is 0 Å². The van der Waals surface area contributed by atoms with Crippen molar-refractivity contribution in [3.8, 4) is 0 Å². The molecule has 4 rings (SSSR count). The van der Waals surface area contributed by atoms with Gasteiger partial charge in [-0.2, -0.15) is 0 Å². The summed E-state index contributed by atoms with van der Waals surface area (Å²) in [6.45, 7) is 6.19. The Balaban J connectivity index is 1.97. The molecule has 1 aliphatic rings. The largest absolute Gasteiger partial charge is 0.440 e. The SMILES string of the molecule is CCN(CC)c1ccc(C2(c3ccc(N(C)C)cc3)OC(=O)c3cnccc32)c(SC)c1. The molecule has 0 bridgehead atoms. The quantitative estimate of drug-likeness (QED) is 0.367. The molecular weight excluding hydrogens is 418 g/mol. The van der Waals surface area contributed by atoms with Gasteiger partial charge in [0.05, 0.1) is 5.56 Å². The molecule has 3 aromatic rings. The third-order valence-electron chi connectivity index (χ3n) is 6.15. The lowest BCUT2D eigenvalue weighted by Crippen LogP contribution is -2.31. The highest BCUT2D eigenvalue weighted by atomic mass is 32.2. The molecule has 6 heteroatoms. The second-order valence-electron chi connectivity index (χ2n) is 7.99. The Morgan fingerprint density at radius 3 is 2.28 bits per heavy atom. The number of carbonyl (C=O) groups is 1. The topological polar surface area (TPSA) is 45.7 Å². The van der Waals surface area contributed by atoms with Crippen molar-refractivity contribution in [2.45, 2.75) is 24.3 Å². The van der Waals surface area contributed by atoms with Crippen molar-refractivity contribution in [2.24, 2.45) is 0 Å². The number of pyridine rings is 1. The minimum absolute atomic E-state index is 0.343. The first-order valence-electron chi connectivity index (χ1n) is 10.8. The van der Waals surface area contributed by atoms with Crippen molar-refractivity contribution in [3.05, 3.63) is 83.2 Å². The number of nitrogens with zero attached hydrogens (tertiary/aromatic N) is 3. The average Bonchev–Trinajstić information content (AvgIpc) is 3.13. The van der Waals surface area contributed by atoms with Gasteiger partial charge in [-0.3, -0.25) is 4.98 Å². The van der Waals surface area contributed by atoms with Gasteiger partial charge in [0.25, 0.3) is 0 Å². The second kappa shape index (κ2) is 8.87. The lowest BCUT2D eigenvalue weighted by Gasteiger charge is -2.33. The molecule has 1 atom stereocenters. The highest BCUT2D eigenvalue weighted by Gasteiger charge is 2.49. The van der Waals surface area contributed by atoms with Crippen LogP contribution in [0.3, 0.4) is 0 Å². The van der Waals surface area contributed by atoms with E-state index in [1.54, 1.807) is 24.2 Å². The van der Waals surface area contributed by atoms with E-state index in [9.17, 15) is 4.79 Å². The third-order valence-corrected chi connectivity index (χ3v) is 6.93. The Morgan fingerprint density at radius 2 is 1.66 bits per heavy atom. The molecule has 5 nitrogen and oxygen atoms in total. The van der Waals surface area contributed by atoms with Gasteiger partial charge in [-0.25, -0.2) is 4.79 Å². The average molecular weight is 448 g/mol. The van der Waals surface area contributed by atoms with Gasteiger partial charge in [-0.1, -0.05) is 18.2 Å². The van der Waals surface area contributed by atoms with Crippen LogP contribution in [0.1, 0.15) is 40.9 Å². The molecule has 0 fully saturated rings. The van der Waals surface area contributed by atoms with Crippen LogP contribution in [0.4, 0.5) is 11.4 Å². The van der Waals surface area contributed by atoms with E-state index in [0.717, 1.165) is 40.4 Å². The summed E-state index contributed by atoms with van der Waals surface area (Å²) in [6, 6.07) is 16.6. The number of rotatable bonds is 7. The number of hydrogen-bond donors (Lipinski definition) is 0. The molecule has 0 spiro atoms. The van der Waals surface area contributed by atoms with Crippen LogP contribution in [0.2, 0.25) is 0 Å². The maximum absolute atomic E-state index is 13.0. The van der Waals surface area contributed by atoms with E-state index in [1.165, 1.54) is 5.69 Å². The maximum atomic E-state index is 13.0. The highest BCUT2D eigenvalue weighted by molar-refractivity contribution is 7.98. The van der Waals surface area contributed by atoms with Crippen molar-refractivity contribution >= 4 is 29.1 Å². The molecule has 2 aromatic carbocycles. The molecular formula is C26H29N3O2S. The molecule has 166 valence electrons. The van der Waals surface area contributed by atoms with Gasteiger partial charge in [-0.05, 0) is 50.4 Å². The van der Waals surface area contributed by atoms with Crippen LogP contribution in [0.25, 0.3) is 0 Å². The number of thioether (sulfide) groups is 1. The summed E-state index contributed by atoms with van der Waals surface area (Å²) in [5.41, 5.74) is 4.49. The standard InChI is InChI=1S/C26H29N3O2S/c1-6-29(7-2)20-12-13-23(24(16-20)32-5)26(18-8-10-19(11-9-18)28(3)4)22-14-15-27-17-21(22)25(30)31-26/h8-17H,6-7H2,1-5H3. The van der Waals surface area contributed by atoms with Gasteiger partial charge in [0.2, 0.25) is 0 Å². The number of hydrogen-bond acceptors (Lipinski definition) is 6. The predicted molar refractivity (Wildman–Crippen MR) is 132 cm³/mol. The van der Waals surface area contributed by atoms with E-state index in [4.69, 9.17) is 4.74 Å². The Labute approximate surface area is 194 Å². The van der Waals surface area contributed by atoms with Crippen LogP contribution in [0, 0.1) is 0 Å². The van der Waals surface area contributed by atoms with Crippen LogP contribution in [0.15, 0.2) is 65.8 Å². The normalized spacial score (nSPS) is 17.1. The van der Waals surface area contributed by atoms with Gasteiger partial charge >= 0.3 is 5.97 Å². The lowest BCUT2D eigenvalue weighted by atomic mass is 9.80.